The first-order chi connectivity index (χ1) is 12.3. The van der Waals surface area contributed by atoms with Gasteiger partial charge >= 0.3 is 12.0 Å². The van der Waals surface area contributed by atoms with Crippen LogP contribution < -0.4 is 5.32 Å². The summed E-state index contributed by atoms with van der Waals surface area (Å²) in [5, 5.41) is 11.9. The minimum Gasteiger partial charge on any atom is -0.480 e. The van der Waals surface area contributed by atoms with Gasteiger partial charge in [0.25, 0.3) is 0 Å². The highest BCUT2D eigenvalue weighted by Crippen LogP contribution is 2.11. The first kappa shape index (κ1) is 20.2. The molecule has 2 N–H and O–H groups in total. The van der Waals surface area contributed by atoms with Crippen LogP contribution in [0.1, 0.15) is 18.1 Å². The van der Waals surface area contributed by atoms with E-state index in [0.717, 1.165) is 6.42 Å². The molecule has 2 atom stereocenters. The van der Waals surface area contributed by atoms with E-state index < -0.39 is 5.97 Å². The van der Waals surface area contributed by atoms with Gasteiger partial charge in [-0.15, -0.1) is 0 Å². The van der Waals surface area contributed by atoms with Gasteiger partial charge in [-0.3, -0.25) is 9.69 Å². The normalized spacial score (nSPS) is 18.6. The highest BCUT2D eigenvalue weighted by Gasteiger charge is 2.26. The molecule has 2 amide bonds. The van der Waals surface area contributed by atoms with Crippen molar-refractivity contribution in [1.29, 1.82) is 0 Å². The highest BCUT2D eigenvalue weighted by molar-refractivity contribution is 5.74. The van der Waals surface area contributed by atoms with Crippen LogP contribution in [-0.4, -0.2) is 78.9 Å². The van der Waals surface area contributed by atoms with Crippen LogP contribution in [0.2, 0.25) is 0 Å². The Balaban J connectivity index is 1.82. The maximum Gasteiger partial charge on any atom is 0.317 e. The second-order valence-corrected chi connectivity index (χ2v) is 7.01. The molecule has 1 aliphatic heterocycles. The monoisotopic (exact) mass is 363 g/mol. The topological polar surface area (TPSA) is 82.1 Å². The number of likely N-dealkylation sites (N-methyl/N-ethyl adjacent to an activating group) is 1. The average Bonchev–Trinajstić information content (AvgIpc) is 2.56. The zero-order valence-corrected chi connectivity index (χ0v) is 15.8. The molecule has 26 heavy (non-hydrogen) atoms. The number of hydrogen-bond donors (Lipinski definition) is 2. The van der Waals surface area contributed by atoms with Crippen LogP contribution in [0.25, 0.3) is 0 Å². The number of nitrogens with one attached hydrogen (secondary N) is 1. The van der Waals surface area contributed by atoms with Gasteiger partial charge in [-0.25, -0.2) is 4.79 Å². The second kappa shape index (κ2) is 9.54. The summed E-state index contributed by atoms with van der Waals surface area (Å²) in [6, 6.07) is 8.11. The molecular formula is C19H29N3O4. The van der Waals surface area contributed by atoms with E-state index >= 15 is 0 Å². The predicted octanol–water partition coefficient (Wildman–Crippen LogP) is 1.35. The average molecular weight is 363 g/mol. The van der Waals surface area contributed by atoms with Crippen LogP contribution in [0.15, 0.2) is 24.3 Å². The van der Waals surface area contributed by atoms with Crippen LogP contribution in [-0.2, 0) is 16.0 Å². The zero-order valence-electron chi connectivity index (χ0n) is 15.8. The number of aliphatic carboxylic acids is 1. The number of carboxylic acid groups (broad SMARTS) is 1. The minimum absolute atomic E-state index is 0.0274. The van der Waals surface area contributed by atoms with Crippen molar-refractivity contribution in [2.75, 3.05) is 39.8 Å². The van der Waals surface area contributed by atoms with Crippen molar-refractivity contribution in [3.8, 4) is 0 Å². The molecule has 2 unspecified atom stereocenters. The van der Waals surface area contributed by atoms with E-state index in [-0.39, 0.29) is 24.7 Å². The summed E-state index contributed by atoms with van der Waals surface area (Å²) < 4.78 is 5.67. The van der Waals surface area contributed by atoms with Gasteiger partial charge in [0.15, 0.2) is 0 Å². The summed E-state index contributed by atoms with van der Waals surface area (Å²) in [4.78, 5) is 26.7. The molecule has 0 spiro atoms. The Morgan fingerprint density at radius 3 is 2.85 bits per heavy atom. The molecule has 0 bridgehead atoms. The molecule has 1 saturated heterocycles. The molecule has 1 aromatic rings. The minimum atomic E-state index is -0.872. The number of urea groups is 1. The van der Waals surface area contributed by atoms with E-state index in [2.05, 4.69) is 24.4 Å². The van der Waals surface area contributed by atoms with Gasteiger partial charge in [-0.1, -0.05) is 24.3 Å². The molecule has 7 heteroatoms. The third-order valence-electron chi connectivity index (χ3n) is 4.50. The standard InChI is InChI=1S/C19H29N3O4/c1-14-6-4-5-7-16(14)10-15(2)20-19(25)22-8-9-26-17(12-22)11-21(3)13-18(23)24/h4-7,15,17H,8-13H2,1-3H3,(H,20,25)(H,23,24). The SMILES string of the molecule is Cc1ccccc1CC(C)NC(=O)N1CCOC(CN(C)CC(=O)O)C1. The third kappa shape index (κ3) is 6.31. The van der Waals surface area contributed by atoms with E-state index in [4.69, 9.17) is 9.84 Å². The number of rotatable bonds is 7. The Labute approximate surface area is 154 Å². The van der Waals surface area contributed by atoms with Crippen molar-refractivity contribution in [3.63, 3.8) is 0 Å². The van der Waals surface area contributed by atoms with Crippen molar-refractivity contribution < 1.29 is 19.4 Å². The van der Waals surface area contributed by atoms with Crippen LogP contribution in [0, 0.1) is 6.92 Å². The number of ether oxygens (including phenoxy) is 1. The molecule has 144 valence electrons. The summed E-state index contributed by atoms with van der Waals surface area (Å²) in [6.07, 6.45) is 0.610. The summed E-state index contributed by atoms with van der Waals surface area (Å²) in [7, 11) is 1.74. The van der Waals surface area contributed by atoms with Crippen LogP contribution in [0.4, 0.5) is 4.79 Å². The molecule has 1 aliphatic rings. The molecule has 1 aromatic carbocycles. The van der Waals surface area contributed by atoms with E-state index in [0.29, 0.717) is 26.2 Å². The summed E-state index contributed by atoms with van der Waals surface area (Å²) in [5.74, 6) is -0.872. The van der Waals surface area contributed by atoms with E-state index in [9.17, 15) is 9.59 Å². The molecule has 0 aliphatic carbocycles. The third-order valence-corrected chi connectivity index (χ3v) is 4.50. The Morgan fingerprint density at radius 2 is 2.15 bits per heavy atom. The highest BCUT2D eigenvalue weighted by atomic mass is 16.5. The van der Waals surface area contributed by atoms with Crippen molar-refractivity contribution >= 4 is 12.0 Å². The Hall–Kier alpha value is -2.12. The van der Waals surface area contributed by atoms with Crippen LogP contribution in [0.5, 0.6) is 0 Å². The number of carboxylic acids is 1. The van der Waals surface area contributed by atoms with Gasteiger partial charge in [0.05, 0.1) is 19.3 Å². The number of nitrogens with zero attached hydrogens (tertiary/aromatic N) is 2. The van der Waals surface area contributed by atoms with Crippen molar-refractivity contribution in [2.45, 2.75) is 32.4 Å². The number of amides is 2. The number of aryl methyl sites for hydroxylation is 1. The lowest BCUT2D eigenvalue weighted by Crippen LogP contribution is -2.53. The lowest BCUT2D eigenvalue weighted by atomic mass is 10.0. The lowest BCUT2D eigenvalue weighted by Gasteiger charge is -2.35. The fourth-order valence-corrected chi connectivity index (χ4v) is 3.18. The molecule has 1 fully saturated rings. The number of benzene rings is 1. The predicted molar refractivity (Wildman–Crippen MR) is 99.3 cm³/mol. The molecule has 2 rings (SSSR count). The quantitative estimate of drug-likeness (QED) is 0.764. The van der Waals surface area contributed by atoms with Gasteiger partial charge < -0.3 is 20.1 Å². The maximum atomic E-state index is 12.5. The first-order valence-electron chi connectivity index (χ1n) is 8.97. The van der Waals surface area contributed by atoms with Gasteiger partial charge in [0.1, 0.15) is 0 Å². The Bertz CT molecular complexity index is 623. The number of carbonyl (C=O) groups is 2. The molecule has 0 aromatic heterocycles. The van der Waals surface area contributed by atoms with Gasteiger partial charge in [0.2, 0.25) is 0 Å². The van der Waals surface area contributed by atoms with E-state index in [1.807, 2.05) is 19.1 Å². The molecule has 7 nitrogen and oxygen atoms in total. The van der Waals surface area contributed by atoms with Crippen molar-refractivity contribution in [1.82, 2.24) is 15.1 Å². The van der Waals surface area contributed by atoms with Crippen molar-refractivity contribution in [2.24, 2.45) is 0 Å². The number of morpholine rings is 1. The molecular weight excluding hydrogens is 334 g/mol. The molecule has 0 saturated carbocycles. The molecule has 1 heterocycles. The van der Waals surface area contributed by atoms with Crippen molar-refractivity contribution in [3.05, 3.63) is 35.4 Å². The van der Waals surface area contributed by atoms with Crippen LogP contribution in [0.3, 0.4) is 0 Å². The number of hydrogen-bond acceptors (Lipinski definition) is 4. The second-order valence-electron chi connectivity index (χ2n) is 7.01. The zero-order chi connectivity index (χ0) is 19.1. The largest absolute Gasteiger partial charge is 0.480 e. The fourth-order valence-electron chi connectivity index (χ4n) is 3.18. The fraction of sp³-hybridized carbons (Fsp3) is 0.579. The van der Waals surface area contributed by atoms with Gasteiger partial charge in [0, 0.05) is 25.7 Å². The van der Waals surface area contributed by atoms with Gasteiger partial charge in [-0.2, -0.15) is 0 Å². The maximum absolute atomic E-state index is 12.5. The lowest BCUT2D eigenvalue weighted by molar-refractivity contribution is -0.138. The molecule has 0 radical (unpaired) electrons. The number of carbonyl (C=O) groups excluding carboxylic acids is 1. The van der Waals surface area contributed by atoms with Crippen LogP contribution >= 0.6 is 0 Å². The summed E-state index contributed by atoms with van der Waals surface area (Å²) in [5.41, 5.74) is 2.46. The van der Waals surface area contributed by atoms with Gasteiger partial charge in [-0.05, 0) is 38.4 Å². The van der Waals surface area contributed by atoms with E-state index in [1.54, 1.807) is 16.8 Å². The first-order valence-corrected chi connectivity index (χ1v) is 8.97. The smallest absolute Gasteiger partial charge is 0.317 e. The Morgan fingerprint density at radius 1 is 1.42 bits per heavy atom. The summed E-state index contributed by atoms with van der Waals surface area (Å²) >= 11 is 0. The van der Waals surface area contributed by atoms with E-state index in [1.165, 1.54) is 11.1 Å². The summed E-state index contributed by atoms with van der Waals surface area (Å²) in [6.45, 7) is 5.99. The Kier molecular flexibility index (Phi) is 7.41.